The molecule has 0 atom stereocenters. The molecule has 0 spiro atoms. The molecule has 53 valence electrons. The van der Waals surface area contributed by atoms with Crippen molar-refractivity contribution < 1.29 is 18.6 Å². The molecule has 0 bridgehead atoms. The molecule has 0 aliphatic carbocycles. The minimum atomic E-state index is 0. The van der Waals surface area contributed by atoms with Gasteiger partial charge in [0.1, 0.15) is 0 Å². The van der Waals surface area contributed by atoms with Crippen LogP contribution >= 0.6 is 0 Å². The summed E-state index contributed by atoms with van der Waals surface area (Å²) in [5.41, 5.74) is 0. The van der Waals surface area contributed by atoms with Crippen LogP contribution in [0.1, 0.15) is 0 Å². The number of rotatable bonds is 0. The first kappa shape index (κ1) is 11.9. The Morgan fingerprint density at radius 3 is 1.10 bits per heavy atom. The van der Waals surface area contributed by atoms with Crippen LogP contribution in [-0.4, -0.2) is 0 Å². The normalized spacial score (nSPS) is 6.00. The third-order valence-electron chi connectivity index (χ3n) is 0.667. The van der Waals surface area contributed by atoms with Gasteiger partial charge >= 0.3 is 0 Å². The zero-order chi connectivity index (χ0) is 6.95. The van der Waals surface area contributed by atoms with Gasteiger partial charge in [-0.1, -0.05) is 36.4 Å². The summed E-state index contributed by atoms with van der Waals surface area (Å²) in [6.45, 7) is 0. The van der Waals surface area contributed by atoms with Crippen LogP contribution in [0.15, 0.2) is 41.7 Å². The van der Waals surface area contributed by atoms with Crippen molar-refractivity contribution in [2.75, 3.05) is 0 Å². The van der Waals surface area contributed by atoms with Gasteiger partial charge in [0.25, 0.3) is 0 Å². The molecular weight excluding hydrogens is 169 g/mol. The van der Waals surface area contributed by atoms with E-state index in [-0.39, 0.29) is 18.6 Å². The molecule has 0 unspecified atom stereocenters. The van der Waals surface area contributed by atoms with Gasteiger partial charge in [0.15, 0.2) is 0 Å². The van der Waals surface area contributed by atoms with Crippen LogP contribution in [0.25, 0.3) is 0 Å². The van der Waals surface area contributed by atoms with Crippen molar-refractivity contribution in [2.24, 2.45) is 5.34 Å². The Bertz CT molecular complexity index is 119. The Kier molecular flexibility index (Phi) is 13.2. The number of benzene rings is 1. The standard InChI is InChI=1S/C6H6.HNO2.V/c1-2-4-6-5-3-1;2-1-3;/h1-6H;(H,2,3);/p-1. The van der Waals surface area contributed by atoms with E-state index < -0.39 is 0 Å². The molecule has 0 heterocycles. The molecule has 3 nitrogen and oxygen atoms in total. The minimum Gasteiger partial charge on any atom is -0.444 e. The van der Waals surface area contributed by atoms with E-state index in [0.717, 1.165) is 5.34 Å². The van der Waals surface area contributed by atoms with E-state index in [1.54, 1.807) is 0 Å². The molecule has 0 amide bonds. The van der Waals surface area contributed by atoms with Crippen LogP contribution < -0.4 is 0 Å². The average Bonchev–Trinajstić information content (AvgIpc) is 1.93. The first-order valence-corrected chi connectivity index (χ1v) is 2.37. The van der Waals surface area contributed by atoms with Crippen molar-refractivity contribution >= 4 is 0 Å². The van der Waals surface area contributed by atoms with Crippen molar-refractivity contribution in [1.29, 1.82) is 0 Å². The van der Waals surface area contributed by atoms with E-state index in [4.69, 9.17) is 10.1 Å². The van der Waals surface area contributed by atoms with E-state index in [2.05, 4.69) is 0 Å². The summed E-state index contributed by atoms with van der Waals surface area (Å²) in [5, 5.41) is 9.00. The SMILES string of the molecule is O=N[O-].[V].c1ccccc1. The topological polar surface area (TPSA) is 52.5 Å². The molecule has 10 heavy (non-hydrogen) atoms. The van der Waals surface area contributed by atoms with Crippen molar-refractivity contribution in [3.05, 3.63) is 46.5 Å². The summed E-state index contributed by atoms with van der Waals surface area (Å²) in [7, 11) is 0. The summed E-state index contributed by atoms with van der Waals surface area (Å²) >= 11 is 0. The number of nitrogens with zero attached hydrogens (tertiary/aromatic N) is 1. The van der Waals surface area contributed by atoms with Crippen LogP contribution in [0.3, 0.4) is 0 Å². The maximum absolute atomic E-state index is 8.00. The predicted molar refractivity (Wildman–Crippen MR) is 35.6 cm³/mol. The van der Waals surface area contributed by atoms with E-state index in [0.29, 0.717) is 0 Å². The van der Waals surface area contributed by atoms with Crippen LogP contribution in [-0.2, 0) is 18.6 Å². The van der Waals surface area contributed by atoms with Gasteiger partial charge < -0.3 is 10.1 Å². The first-order chi connectivity index (χ1) is 4.41. The fourth-order valence-electron chi connectivity index (χ4n) is 0.385. The van der Waals surface area contributed by atoms with Crippen LogP contribution in [0.5, 0.6) is 0 Å². The Balaban J connectivity index is 0. The molecule has 1 aromatic carbocycles. The van der Waals surface area contributed by atoms with Gasteiger partial charge in [-0.2, -0.15) is 0 Å². The molecule has 1 radical (unpaired) electrons. The van der Waals surface area contributed by atoms with Gasteiger partial charge in [-0.15, -0.1) is 5.34 Å². The van der Waals surface area contributed by atoms with Gasteiger partial charge in [0.2, 0.25) is 0 Å². The Morgan fingerprint density at radius 1 is 0.900 bits per heavy atom. The third kappa shape index (κ3) is 10.2. The fourth-order valence-corrected chi connectivity index (χ4v) is 0.385. The third-order valence-corrected chi connectivity index (χ3v) is 0.667. The quantitative estimate of drug-likeness (QED) is 0.446. The Labute approximate surface area is 70.9 Å². The first-order valence-electron chi connectivity index (χ1n) is 2.37. The molecule has 0 fully saturated rings. The van der Waals surface area contributed by atoms with Crippen molar-refractivity contribution in [3.63, 3.8) is 0 Å². The van der Waals surface area contributed by atoms with Crippen molar-refractivity contribution in [2.45, 2.75) is 0 Å². The monoisotopic (exact) mass is 175 g/mol. The summed E-state index contributed by atoms with van der Waals surface area (Å²) in [5.74, 6) is 0. The van der Waals surface area contributed by atoms with Gasteiger partial charge in [-0.25, -0.2) is 0 Å². The summed E-state index contributed by atoms with van der Waals surface area (Å²) in [4.78, 5) is 8.00. The van der Waals surface area contributed by atoms with E-state index in [1.165, 1.54) is 0 Å². The molecule has 1 aromatic rings. The molecule has 0 saturated carbocycles. The molecule has 0 aliphatic heterocycles. The molecule has 0 N–H and O–H groups in total. The van der Waals surface area contributed by atoms with E-state index in [9.17, 15) is 0 Å². The maximum atomic E-state index is 8.00. The maximum Gasteiger partial charge on any atom is 0 e. The van der Waals surface area contributed by atoms with Crippen LogP contribution in [0.4, 0.5) is 0 Å². The largest absolute Gasteiger partial charge is 0.444 e. The molecule has 0 saturated heterocycles. The van der Waals surface area contributed by atoms with Gasteiger partial charge in [-0.3, -0.25) is 0 Å². The molecular formula is C6H6NO2V-. The molecule has 1 rings (SSSR count). The van der Waals surface area contributed by atoms with Gasteiger partial charge in [0, 0.05) is 18.6 Å². The average molecular weight is 175 g/mol. The van der Waals surface area contributed by atoms with Gasteiger partial charge in [0.05, 0.1) is 0 Å². The second-order valence-corrected chi connectivity index (χ2v) is 1.23. The zero-order valence-electron chi connectivity index (χ0n) is 5.18. The van der Waals surface area contributed by atoms with Crippen molar-refractivity contribution in [3.8, 4) is 0 Å². The molecule has 4 heteroatoms. The summed E-state index contributed by atoms with van der Waals surface area (Å²) in [6, 6.07) is 12.0. The second kappa shape index (κ2) is 11.1. The second-order valence-electron chi connectivity index (χ2n) is 1.23. The summed E-state index contributed by atoms with van der Waals surface area (Å²) in [6.07, 6.45) is 0. The van der Waals surface area contributed by atoms with Crippen LogP contribution in [0, 0.1) is 10.1 Å². The van der Waals surface area contributed by atoms with Crippen molar-refractivity contribution in [1.82, 2.24) is 0 Å². The molecule has 0 aliphatic rings. The van der Waals surface area contributed by atoms with Crippen LogP contribution in [0.2, 0.25) is 0 Å². The fraction of sp³-hybridized carbons (Fsp3) is 0. The van der Waals surface area contributed by atoms with E-state index >= 15 is 0 Å². The zero-order valence-corrected chi connectivity index (χ0v) is 6.57. The van der Waals surface area contributed by atoms with Gasteiger partial charge in [-0.05, 0) is 0 Å². The smallest absolute Gasteiger partial charge is 0 e. The minimum absolute atomic E-state index is 0. The molecule has 0 aromatic heterocycles. The Morgan fingerprint density at radius 2 is 1.00 bits per heavy atom. The number of hydrogen-bond acceptors (Lipinski definition) is 3. The number of hydrogen-bond donors (Lipinski definition) is 0. The predicted octanol–water partition coefficient (Wildman–Crippen LogP) is 1.93. The van der Waals surface area contributed by atoms with E-state index in [1.807, 2.05) is 36.4 Å². The summed E-state index contributed by atoms with van der Waals surface area (Å²) < 4.78 is 0. The Hall–Kier alpha value is -0.796.